The lowest BCUT2D eigenvalue weighted by Gasteiger charge is -2.14. The number of Topliss-reactive ketones (excluding diaryl/α,β-unsaturated/α-hetero) is 2. The summed E-state index contributed by atoms with van der Waals surface area (Å²) < 4.78 is 24.1. The maximum absolute atomic E-state index is 14.1. The lowest BCUT2D eigenvalue weighted by molar-refractivity contribution is -0.122. The molecule has 0 aromatic heterocycles. The molecule has 0 spiro atoms. The van der Waals surface area contributed by atoms with E-state index in [1.807, 2.05) is 0 Å². The van der Waals surface area contributed by atoms with Gasteiger partial charge in [-0.1, -0.05) is 19.9 Å². The van der Waals surface area contributed by atoms with Gasteiger partial charge in [0.15, 0.2) is 5.78 Å². The number of benzene rings is 1. The molecule has 1 rings (SSSR count). The quantitative estimate of drug-likeness (QED) is 0.570. The molecular weight excluding hydrogens is 263 g/mol. The van der Waals surface area contributed by atoms with Crippen molar-refractivity contribution in [1.29, 1.82) is 0 Å². The van der Waals surface area contributed by atoms with Crippen molar-refractivity contribution in [2.24, 2.45) is 5.92 Å². The minimum Gasteiger partial charge on any atom is -0.496 e. The number of carbonyl (C=O) groups is 2. The molecule has 5 heteroatoms. The normalized spacial score (nSPS) is 12.1. The fraction of sp³-hybridized carbons (Fsp3) is 0.467. The second-order valence-electron chi connectivity index (χ2n) is 4.83. The Morgan fingerprint density at radius 1 is 1.15 bits per heavy atom. The first kappa shape index (κ1) is 16.1. The van der Waals surface area contributed by atoms with Crippen LogP contribution in [0.15, 0.2) is 18.2 Å². The highest BCUT2D eigenvalue weighted by molar-refractivity contribution is 6.15. The second-order valence-corrected chi connectivity index (χ2v) is 4.83. The van der Waals surface area contributed by atoms with Crippen LogP contribution in [0.5, 0.6) is 11.5 Å². The number of alkyl halides is 1. The molecule has 1 unspecified atom stereocenters. The predicted octanol–water partition coefficient (Wildman–Crippen LogP) is 2.84. The Bertz CT molecular complexity index is 474. The van der Waals surface area contributed by atoms with Crippen LogP contribution < -0.4 is 9.47 Å². The number of carbonyl (C=O) groups excluding carboxylic acids is 2. The van der Waals surface area contributed by atoms with E-state index in [0.717, 1.165) is 0 Å². The summed E-state index contributed by atoms with van der Waals surface area (Å²) in [5.74, 6) is -1.28. The number of methoxy groups -OCH3 is 2. The number of halogens is 1. The van der Waals surface area contributed by atoms with Crippen LogP contribution in [-0.2, 0) is 4.79 Å². The van der Waals surface area contributed by atoms with E-state index in [2.05, 4.69) is 0 Å². The third-order valence-corrected chi connectivity index (χ3v) is 2.80. The molecule has 0 fully saturated rings. The highest BCUT2D eigenvalue weighted by Crippen LogP contribution is 2.30. The van der Waals surface area contributed by atoms with Gasteiger partial charge in [0.1, 0.15) is 17.1 Å². The fourth-order valence-corrected chi connectivity index (χ4v) is 1.87. The van der Waals surface area contributed by atoms with E-state index < -0.39 is 17.7 Å². The molecule has 110 valence electrons. The summed E-state index contributed by atoms with van der Waals surface area (Å²) in [6.45, 7) is 3.58. The summed E-state index contributed by atoms with van der Waals surface area (Å²) in [6.07, 6.45) is -2.17. The number of hydrogen-bond donors (Lipinski definition) is 0. The van der Waals surface area contributed by atoms with Crippen molar-refractivity contribution in [3.8, 4) is 11.5 Å². The van der Waals surface area contributed by atoms with Crippen LogP contribution in [0.3, 0.4) is 0 Å². The van der Waals surface area contributed by atoms with Crippen molar-refractivity contribution in [1.82, 2.24) is 0 Å². The molecule has 0 heterocycles. The third kappa shape index (κ3) is 3.56. The smallest absolute Gasteiger partial charge is 0.221 e. The highest BCUT2D eigenvalue weighted by atomic mass is 19.1. The maximum atomic E-state index is 14.1. The molecular formula is C15H19FO4. The average molecular weight is 282 g/mol. The summed E-state index contributed by atoms with van der Waals surface area (Å²) >= 11 is 0. The molecule has 1 aromatic carbocycles. The summed E-state index contributed by atoms with van der Waals surface area (Å²) in [5.41, 5.74) is -0.0397. The minimum atomic E-state index is -2.19. The molecule has 1 atom stereocenters. The number of ether oxygens (including phenoxy) is 2. The number of hydrogen-bond acceptors (Lipinski definition) is 4. The van der Waals surface area contributed by atoms with E-state index in [-0.39, 0.29) is 29.4 Å². The van der Waals surface area contributed by atoms with Crippen molar-refractivity contribution < 1.29 is 23.5 Å². The van der Waals surface area contributed by atoms with Gasteiger partial charge in [0, 0.05) is 6.42 Å². The third-order valence-electron chi connectivity index (χ3n) is 2.80. The molecule has 0 bridgehead atoms. The summed E-state index contributed by atoms with van der Waals surface area (Å²) in [7, 11) is 2.74. The lowest BCUT2D eigenvalue weighted by Crippen LogP contribution is -2.27. The maximum Gasteiger partial charge on any atom is 0.221 e. The van der Waals surface area contributed by atoms with E-state index in [0.29, 0.717) is 0 Å². The Balaban J connectivity index is 3.11. The van der Waals surface area contributed by atoms with Gasteiger partial charge in [-0.2, -0.15) is 0 Å². The zero-order chi connectivity index (χ0) is 15.3. The first-order valence-corrected chi connectivity index (χ1v) is 6.34. The second kappa shape index (κ2) is 7.03. The van der Waals surface area contributed by atoms with Gasteiger partial charge < -0.3 is 9.47 Å². The van der Waals surface area contributed by atoms with E-state index in [1.165, 1.54) is 26.4 Å². The van der Waals surface area contributed by atoms with Crippen LogP contribution in [-0.4, -0.2) is 32.0 Å². The first-order chi connectivity index (χ1) is 9.42. The number of rotatable bonds is 7. The van der Waals surface area contributed by atoms with Crippen molar-refractivity contribution in [3.63, 3.8) is 0 Å². The Morgan fingerprint density at radius 2 is 1.65 bits per heavy atom. The molecule has 20 heavy (non-hydrogen) atoms. The minimum absolute atomic E-state index is 0.00638. The number of ketones is 2. The zero-order valence-corrected chi connectivity index (χ0v) is 12.1. The molecule has 0 aliphatic rings. The molecule has 0 amide bonds. The predicted molar refractivity (Wildman–Crippen MR) is 73.2 cm³/mol. The van der Waals surface area contributed by atoms with Crippen molar-refractivity contribution >= 4 is 11.6 Å². The molecule has 0 aliphatic carbocycles. The van der Waals surface area contributed by atoms with Gasteiger partial charge in [0.05, 0.1) is 14.2 Å². The van der Waals surface area contributed by atoms with Gasteiger partial charge in [0.2, 0.25) is 12.0 Å². The van der Waals surface area contributed by atoms with E-state index in [1.54, 1.807) is 19.9 Å². The zero-order valence-electron chi connectivity index (χ0n) is 12.1. The van der Waals surface area contributed by atoms with Gasteiger partial charge >= 0.3 is 0 Å². The molecule has 0 saturated heterocycles. The Labute approximate surface area is 117 Å². The largest absolute Gasteiger partial charge is 0.496 e. The van der Waals surface area contributed by atoms with Crippen LogP contribution in [0.25, 0.3) is 0 Å². The lowest BCUT2D eigenvalue weighted by atomic mass is 9.97. The Morgan fingerprint density at radius 3 is 2.05 bits per heavy atom. The standard InChI is InChI=1S/C15H19FO4/c1-9(2)8-10(17)14(16)15(18)13-11(19-3)6-5-7-12(13)20-4/h5-7,9,14H,8H2,1-4H3. The van der Waals surface area contributed by atoms with Crippen molar-refractivity contribution in [2.45, 2.75) is 26.4 Å². The summed E-state index contributed by atoms with van der Waals surface area (Å²) in [4.78, 5) is 23.9. The molecule has 0 aliphatic heterocycles. The highest BCUT2D eigenvalue weighted by Gasteiger charge is 2.31. The summed E-state index contributed by atoms with van der Waals surface area (Å²) in [6, 6.07) is 4.67. The Hall–Kier alpha value is -1.91. The van der Waals surface area contributed by atoms with Crippen LogP contribution in [0.1, 0.15) is 30.6 Å². The van der Waals surface area contributed by atoms with Crippen LogP contribution in [0.2, 0.25) is 0 Å². The van der Waals surface area contributed by atoms with Crippen LogP contribution in [0, 0.1) is 5.92 Å². The van der Waals surface area contributed by atoms with E-state index in [9.17, 15) is 14.0 Å². The van der Waals surface area contributed by atoms with Gasteiger partial charge in [-0.25, -0.2) is 4.39 Å². The molecule has 0 saturated carbocycles. The van der Waals surface area contributed by atoms with Crippen LogP contribution in [0.4, 0.5) is 4.39 Å². The summed E-state index contributed by atoms with van der Waals surface area (Å²) in [5, 5.41) is 0. The van der Waals surface area contributed by atoms with Crippen molar-refractivity contribution in [3.05, 3.63) is 23.8 Å². The van der Waals surface area contributed by atoms with Gasteiger partial charge in [-0.15, -0.1) is 0 Å². The van der Waals surface area contributed by atoms with Gasteiger partial charge in [0.25, 0.3) is 0 Å². The molecule has 0 N–H and O–H groups in total. The van der Waals surface area contributed by atoms with Gasteiger partial charge in [-0.3, -0.25) is 9.59 Å². The van der Waals surface area contributed by atoms with Crippen molar-refractivity contribution in [2.75, 3.05) is 14.2 Å². The van der Waals surface area contributed by atoms with Crippen LogP contribution >= 0.6 is 0 Å². The average Bonchev–Trinajstić information content (AvgIpc) is 2.43. The topological polar surface area (TPSA) is 52.6 Å². The fourth-order valence-electron chi connectivity index (χ4n) is 1.87. The molecule has 1 aromatic rings. The monoisotopic (exact) mass is 282 g/mol. The molecule has 0 radical (unpaired) electrons. The van der Waals surface area contributed by atoms with Gasteiger partial charge in [-0.05, 0) is 18.1 Å². The van der Waals surface area contributed by atoms with E-state index in [4.69, 9.17) is 9.47 Å². The van der Waals surface area contributed by atoms with E-state index >= 15 is 0 Å². The SMILES string of the molecule is COc1cccc(OC)c1C(=O)C(F)C(=O)CC(C)C. The molecule has 4 nitrogen and oxygen atoms in total. The first-order valence-electron chi connectivity index (χ1n) is 6.34. The Kier molecular flexibility index (Phi) is 5.67.